The van der Waals surface area contributed by atoms with Crippen LogP contribution >= 0.6 is 0 Å². The van der Waals surface area contributed by atoms with E-state index in [1.165, 1.54) is 0 Å². The fraction of sp³-hybridized carbons (Fsp3) is 0.909. The van der Waals surface area contributed by atoms with Gasteiger partial charge in [0.05, 0.1) is 19.8 Å². The molecule has 1 fully saturated rings. The minimum absolute atomic E-state index is 0.225. The predicted molar refractivity (Wildman–Crippen MR) is 60.6 cm³/mol. The molecular weight excluding hydrogens is 226 g/mol. The van der Waals surface area contributed by atoms with Gasteiger partial charge in [-0.2, -0.15) is 0 Å². The number of carbonyl (C=O) groups excluding carboxylic acids is 1. The zero-order chi connectivity index (χ0) is 12.6. The van der Waals surface area contributed by atoms with Crippen LogP contribution in [0.25, 0.3) is 0 Å². The maximum absolute atomic E-state index is 11.7. The highest BCUT2D eigenvalue weighted by Gasteiger charge is 2.37. The summed E-state index contributed by atoms with van der Waals surface area (Å²) in [5, 5.41) is 0. The van der Waals surface area contributed by atoms with Crippen molar-refractivity contribution in [1.29, 1.82) is 0 Å². The number of ether oxygens (including phenoxy) is 4. The highest BCUT2D eigenvalue weighted by Crippen LogP contribution is 2.19. The van der Waals surface area contributed by atoms with Gasteiger partial charge in [-0.25, -0.2) is 0 Å². The van der Waals surface area contributed by atoms with Crippen molar-refractivity contribution in [2.75, 3.05) is 46.8 Å². The van der Waals surface area contributed by atoms with Gasteiger partial charge in [0, 0.05) is 20.3 Å². The van der Waals surface area contributed by atoms with Crippen LogP contribution in [0.2, 0.25) is 0 Å². The number of nitrogens with two attached hydrogens (primary N) is 1. The normalized spacial score (nSPS) is 18.9. The number of carbonyl (C=O) groups is 1. The van der Waals surface area contributed by atoms with E-state index < -0.39 is 5.54 Å². The molecule has 100 valence electrons. The van der Waals surface area contributed by atoms with E-state index in [0.717, 1.165) is 0 Å². The molecule has 1 heterocycles. The van der Waals surface area contributed by atoms with E-state index in [1.807, 2.05) is 0 Å². The van der Waals surface area contributed by atoms with Gasteiger partial charge in [-0.05, 0) is 12.8 Å². The van der Waals surface area contributed by atoms with Crippen LogP contribution in [0.1, 0.15) is 12.8 Å². The molecule has 0 aliphatic carbocycles. The van der Waals surface area contributed by atoms with Crippen molar-refractivity contribution in [1.82, 2.24) is 0 Å². The van der Waals surface area contributed by atoms with E-state index in [1.54, 1.807) is 7.11 Å². The molecule has 0 saturated carbocycles. The second-order valence-corrected chi connectivity index (χ2v) is 4.01. The first-order chi connectivity index (χ1) is 8.19. The fourth-order valence-corrected chi connectivity index (χ4v) is 1.52. The molecule has 0 spiro atoms. The Balaban J connectivity index is 2.11. The third kappa shape index (κ3) is 4.99. The van der Waals surface area contributed by atoms with Gasteiger partial charge in [0.2, 0.25) is 0 Å². The monoisotopic (exact) mass is 247 g/mol. The Morgan fingerprint density at radius 3 is 2.53 bits per heavy atom. The molecular formula is C11H21NO5. The van der Waals surface area contributed by atoms with E-state index in [9.17, 15) is 4.79 Å². The zero-order valence-electron chi connectivity index (χ0n) is 10.3. The van der Waals surface area contributed by atoms with Crippen molar-refractivity contribution in [3.05, 3.63) is 0 Å². The Bertz CT molecular complexity index is 228. The standard InChI is InChI=1S/C11H21NO5/c1-14-6-7-16-8-9-17-10(13)11(12)2-4-15-5-3-11/h2-9,12H2,1H3. The topological polar surface area (TPSA) is 80.0 Å². The predicted octanol–water partition coefficient (Wildman–Crippen LogP) is -0.299. The van der Waals surface area contributed by atoms with Crippen molar-refractivity contribution in [3.63, 3.8) is 0 Å². The molecule has 0 radical (unpaired) electrons. The number of hydrogen-bond donors (Lipinski definition) is 1. The maximum Gasteiger partial charge on any atom is 0.326 e. The number of rotatable bonds is 7. The van der Waals surface area contributed by atoms with E-state index in [0.29, 0.717) is 45.9 Å². The summed E-state index contributed by atoms with van der Waals surface area (Å²) >= 11 is 0. The fourth-order valence-electron chi connectivity index (χ4n) is 1.52. The molecule has 0 aromatic heterocycles. The molecule has 2 N–H and O–H groups in total. The van der Waals surface area contributed by atoms with Gasteiger partial charge in [-0.3, -0.25) is 4.79 Å². The lowest BCUT2D eigenvalue weighted by molar-refractivity contribution is -0.155. The number of hydrogen-bond acceptors (Lipinski definition) is 6. The van der Waals surface area contributed by atoms with Crippen molar-refractivity contribution < 1.29 is 23.7 Å². The molecule has 0 amide bonds. The van der Waals surface area contributed by atoms with Gasteiger partial charge >= 0.3 is 5.97 Å². The molecule has 0 aromatic rings. The molecule has 1 saturated heterocycles. The summed E-state index contributed by atoms with van der Waals surface area (Å²) in [5.41, 5.74) is 5.07. The van der Waals surface area contributed by atoms with Crippen molar-refractivity contribution in [2.45, 2.75) is 18.4 Å². The summed E-state index contributed by atoms with van der Waals surface area (Å²) < 4.78 is 20.2. The van der Waals surface area contributed by atoms with Crippen LogP contribution in [0, 0.1) is 0 Å². The van der Waals surface area contributed by atoms with Gasteiger partial charge < -0.3 is 24.7 Å². The molecule has 1 aliphatic heterocycles. The van der Waals surface area contributed by atoms with E-state index in [-0.39, 0.29) is 12.6 Å². The summed E-state index contributed by atoms with van der Waals surface area (Å²) in [5.74, 6) is -0.365. The summed E-state index contributed by atoms with van der Waals surface area (Å²) in [6, 6.07) is 0. The smallest absolute Gasteiger partial charge is 0.326 e. The third-order valence-corrected chi connectivity index (χ3v) is 2.68. The molecule has 1 rings (SSSR count). The molecule has 6 nitrogen and oxygen atoms in total. The van der Waals surface area contributed by atoms with Crippen LogP contribution in [0.5, 0.6) is 0 Å². The first kappa shape index (κ1) is 14.4. The lowest BCUT2D eigenvalue weighted by Crippen LogP contribution is -2.53. The molecule has 0 aromatic carbocycles. The van der Waals surface area contributed by atoms with Crippen LogP contribution in [-0.4, -0.2) is 58.3 Å². The molecule has 17 heavy (non-hydrogen) atoms. The average Bonchev–Trinajstić information content (AvgIpc) is 2.34. The minimum atomic E-state index is -0.884. The molecule has 0 atom stereocenters. The number of methoxy groups -OCH3 is 1. The molecule has 0 bridgehead atoms. The second-order valence-electron chi connectivity index (χ2n) is 4.01. The van der Waals surface area contributed by atoms with Crippen LogP contribution in [0.3, 0.4) is 0 Å². The molecule has 0 unspecified atom stereocenters. The minimum Gasteiger partial charge on any atom is -0.462 e. The Morgan fingerprint density at radius 1 is 1.24 bits per heavy atom. The van der Waals surface area contributed by atoms with Gasteiger partial charge in [0.15, 0.2) is 0 Å². The highest BCUT2D eigenvalue weighted by molar-refractivity contribution is 5.80. The Kier molecular flexibility index (Phi) is 6.43. The van der Waals surface area contributed by atoms with Crippen LogP contribution < -0.4 is 5.73 Å². The first-order valence-corrected chi connectivity index (χ1v) is 5.79. The zero-order valence-corrected chi connectivity index (χ0v) is 10.3. The SMILES string of the molecule is COCCOCCOC(=O)C1(N)CCOCC1. The van der Waals surface area contributed by atoms with Gasteiger partial charge in [0.1, 0.15) is 12.1 Å². The van der Waals surface area contributed by atoms with Gasteiger partial charge in [-0.1, -0.05) is 0 Å². The average molecular weight is 247 g/mol. The molecule has 1 aliphatic rings. The summed E-state index contributed by atoms with van der Waals surface area (Å²) in [6.07, 6.45) is 1.02. The lowest BCUT2D eigenvalue weighted by Gasteiger charge is -2.30. The van der Waals surface area contributed by atoms with Crippen molar-refractivity contribution in [3.8, 4) is 0 Å². The summed E-state index contributed by atoms with van der Waals surface area (Å²) in [7, 11) is 1.60. The molecule has 6 heteroatoms. The lowest BCUT2D eigenvalue weighted by atomic mass is 9.92. The first-order valence-electron chi connectivity index (χ1n) is 5.79. The summed E-state index contributed by atoms with van der Waals surface area (Å²) in [4.78, 5) is 11.7. The third-order valence-electron chi connectivity index (χ3n) is 2.68. The quantitative estimate of drug-likeness (QED) is 0.491. The van der Waals surface area contributed by atoms with E-state index in [4.69, 9.17) is 24.7 Å². The Labute approximate surface area is 101 Å². The van der Waals surface area contributed by atoms with Crippen molar-refractivity contribution >= 4 is 5.97 Å². The van der Waals surface area contributed by atoms with Crippen LogP contribution in [-0.2, 0) is 23.7 Å². The second kappa shape index (κ2) is 7.60. The maximum atomic E-state index is 11.7. The number of esters is 1. The largest absolute Gasteiger partial charge is 0.462 e. The van der Waals surface area contributed by atoms with Crippen LogP contribution in [0.15, 0.2) is 0 Å². The van der Waals surface area contributed by atoms with E-state index >= 15 is 0 Å². The Hall–Kier alpha value is -0.690. The highest BCUT2D eigenvalue weighted by atomic mass is 16.6. The van der Waals surface area contributed by atoms with Crippen molar-refractivity contribution in [2.24, 2.45) is 5.73 Å². The van der Waals surface area contributed by atoms with Gasteiger partial charge in [0.25, 0.3) is 0 Å². The Morgan fingerprint density at radius 2 is 1.88 bits per heavy atom. The van der Waals surface area contributed by atoms with Gasteiger partial charge in [-0.15, -0.1) is 0 Å². The van der Waals surface area contributed by atoms with E-state index in [2.05, 4.69) is 0 Å². The van der Waals surface area contributed by atoms with Crippen LogP contribution in [0.4, 0.5) is 0 Å². The summed E-state index contributed by atoms with van der Waals surface area (Å²) in [6.45, 7) is 2.64.